The minimum absolute atomic E-state index is 0.167. The third kappa shape index (κ3) is 3.04. The molecule has 0 saturated heterocycles. The maximum absolute atomic E-state index is 11.5. The molecular weight excluding hydrogens is 254 g/mol. The molecule has 0 radical (unpaired) electrons. The van der Waals surface area contributed by atoms with Gasteiger partial charge >= 0.3 is 5.97 Å². The summed E-state index contributed by atoms with van der Waals surface area (Å²) in [5.74, 6) is -0.738. The van der Waals surface area contributed by atoms with E-state index in [2.05, 4.69) is 10.1 Å². The summed E-state index contributed by atoms with van der Waals surface area (Å²) >= 11 is 0. The number of aromatic nitrogens is 3. The van der Waals surface area contributed by atoms with Gasteiger partial charge in [-0.25, -0.2) is 9.67 Å². The molecule has 1 aromatic carbocycles. The quantitative estimate of drug-likeness (QED) is 0.909. The van der Waals surface area contributed by atoms with Gasteiger partial charge in [0, 0.05) is 12.5 Å². The van der Waals surface area contributed by atoms with Gasteiger partial charge in [0.1, 0.15) is 12.2 Å². The number of aryl methyl sites for hydroxylation is 1. The van der Waals surface area contributed by atoms with E-state index in [0.29, 0.717) is 12.2 Å². The second-order valence-electron chi connectivity index (χ2n) is 5.22. The Kier molecular flexibility index (Phi) is 4.17. The lowest BCUT2D eigenvalue weighted by molar-refractivity contribution is -0.138. The zero-order chi connectivity index (χ0) is 14.7. The third-order valence-electron chi connectivity index (χ3n) is 3.30. The van der Waals surface area contributed by atoms with Gasteiger partial charge < -0.3 is 5.11 Å². The Hall–Kier alpha value is -2.17. The molecule has 0 aliphatic rings. The van der Waals surface area contributed by atoms with E-state index in [4.69, 9.17) is 0 Å². The molecule has 0 amide bonds. The Morgan fingerprint density at radius 1 is 1.30 bits per heavy atom. The molecule has 5 nitrogen and oxygen atoms in total. The topological polar surface area (TPSA) is 68.0 Å². The van der Waals surface area contributed by atoms with Gasteiger partial charge in [-0.3, -0.25) is 4.79 Å². The first-order valence-electron chi connectivity index (χ1n) is 6.66. The summed E-state index contributed by atoms with van der Waals surface area (Å²) in [6.45, 7) is 5.98. The van der Waals surface area contributed by atoms with Crippen molar-refractivity contribution in [1.82, 2.24) is 14.8 Å². The van der Waals surface area contributed by atoms with Crippen molar-refractivity contribution >= 4 is 5.97 Å². The summed E-state index contributed by atoms with van der Waals surface area (Å²) < 4.78 is 1.77. The van der Waals surface area contributed by atoms with Crippen LogP contribution in [0.3, 0.4) is 0 Å². The third-order valence-corrected chi connectivity index (χ3v) is 3.30. The SMILES string of the molecule is Cc1ccc(C(Cc2ncnn2C(C)C)C(=O)O)cc1. The number of aliphatic carboxylic acids is 1. The molecule has 1 aromatic heterocycles. The fourth-order valence-electron chi connectivity index (χ4n) is 2.18. The van der Waals surface area contributed by atoms with Crippen LogP contribution in [-0.4, -0.2) is 25.8 Å². The summed E-state index contributed by atoms with van der Waals surface area (Å²) in [6.07, 6.45) is 1.82. The summed E-state index contributed by atoms with van der Waals surface area (Å²) in [4.78, 5) is 15.7. The van der Waals surface area contributed by atoms with E-state index in [1.807, 2.05) is 45.0 Å². The highest BCUT2D eigenvalue weighted by molar-refractivity contribution is 5.76. The number of hydrogen-bond acceptors (Lipinski definition) is 3. The zero-order valence-electron chi connectivity index (χ0n) is 11.9. The lowest BCUT2D eigenvalue weighted by Crippen LogP contribution is -2.18. The van der Waals surface area contributed by atoms with Crippen LogP contribution in [0.4, 0.5) is 0 Å². The van der Waals surface area contributed by atoms with Crippen LogP contribution >= 0.6 is 0 Å². The summed E-state index contributed by atoms with van der Waals surface area (Å²) in [6, 6.07) is 7.76. The molecule has 1 atom stereocenters. The summed E-state index contributed by atoms with van der Waals surface area (Å²) in [7, 11) is 0. The van der Waals surface area contributed by atoms with Crippen molar-refractivity contribution in [3.63, 3.8) is 0 Å². The van der Waals surface area contributed by atoms with Crippen LogP contribution in [0.2, 0.25) is 0 Å². The lowest BCUT2D eigenvalue weighted by atomic mass is 9.94. The van der Waals surface area contributed by atoms with Crippen LogP contribution in [0, 0.1) is 6.92 Å². The number of benzene rings is 1. The average molecular weight is 273 g/mol. The molecule has 0 saturated carbocycles. The molecule has 2 aromatic rings. The molecule has 106 valence electrons. The first kappa shape index (κ1) is 14.2. The Morgan fingerprint density at radius 3 is 2.50 bits per heavy atom. The van der Waals surface area contributed by atoms with Gasteiger partial charge in [0.05, 0.1) is 5.92 Å². The van der Waals surface area contributed by atoms with E-state index < -0.39 is 11.9 Å². The lowest BCUT2D eigenvalue weighted by Gasteiger charge is -2.15. The molecule has 0 bridgehead atoms. The van der Waals surface area contributed by atoms with E-state index in [-0.39, 0.29) is 6.04 Å². The molecule has 0 aliphatic heterocycles. The monoisotopic (exact) mass is 273 g/mol. The summed E-state index contributed by atoms with van der Waals surface area (Å²) in [5.41, 5.74) is 1.91. The molecule has 5 heteroatoms. The highest BCUT2D eigenvalue weighted by Gasteiger charge is 2.23. The summed E-state index contributed by atoms with van der Waals surface area (Å²) in [5, 5.41) is 13.6. The largest absolute Gasteiger partial charge is 0.481 e. The van der Waals surface area contributed by atoms with Crippen LogP contribution < -0.4 is 0 Å². The van der Waals surface area contributed by atoms with Crippen molar-refractivity contribution in [3.05, 3.63) is 47.5 Å². The predicted octanol–water partition coefficient (Wildman–Crippen LogP) is 2.58. The Labute approximate surface area is 118 Å². The van der Waals surface area contributed by atoms with Crippen molar-refractivity contribution < 1.29 is 9.90 Å². The fraction of sp³-hybridized carbons (Fsp3) is 0.400. The molecule has 0 spiro atoms. The molecular formula is C15H19N3O2. The van der Waals surface area contributed by atoms with Gasteiger partial charge in [0.2, 0.25) is 0 Å². The molecule has 0 fully saturated rings. The number of hydrogen-bond donors (Lipinski definition) is 1. The molecule has 20 heavy (non-hydrogen) atoms. The molecule has 1 unspecified atom stereocenters. The molecule has 2 rings (SSSR count). The smallest absolute Gasteiger partial charge is 0.311 e. The van der Waals surface area contributed by atoms with Gasteiger partial charge in [-0.15, -0.1) is 0 Å². The fourth-order valence-corrected chi connectivity index (χ4v) is 2.18. The van der Waals surface area contributed by atoms with Crippen LogP contribution in [0.1, 0.15) is 42.8 Å². The van der Waals surface area contributed by atoms with Gasteiger partial charge in [-0.05, 0) is 26.3 Å². The van der Waals surface area contributed by atoms with Crippen LogP contribution in [0.5, 0.6) is 0 Å². The highest BCUT2D eigenvalue weighted by atomic mass is 16.4. The second-order valence-corrected chi connectivity index (χ2v) is 5.22. The van der Waals surface area contributed by atoms with Crippen molar-refractivity contribution in [2.45, 2.75) is 39.2 Å². The van der Waals surface area contributed by atoms with Gasteiger partial charge in [-0.1, -0.05) is 29.8 Å². The number of carboxylic acid groups (broad SMARTS) is 1. The van der Waals surface area contributed by atoms with Gasteiger partial charge in [-0.2, -0.15) is 5.10 Å². The normalized spacial score (nSPS) is 12.6. The number of carbonyl (C=O) groups is 1. The van der Waals surface area contributed by atoms with Gasteiger partial charge in [0.15, 0.2) is 0 Å². The first-order chi connectivity index (χ1) is 9.49. The Bertz CT molecular complexity index is 587. The minimum atomic E-state index is -0.841. The van der Waals surface area contributed by atoms with E-state index in [1.54, 1.807) is 4.68 Å². The number of nitrogens with zero attached hydrogens (tertiary/aromatic N) is 3. The van der Waals surface area contributed by atoms with Crippen molar-refractivity contribution in [1.29, 1.82) is 0 Å². The number of carboxylic acids is 1. The first-order valence-corrected chi connectivity index (χ1v) is 6.66. The average Bonchev–Trinajstić information content (AvgIpc) is 2.85. The standard InChI is InChI=1S/C15H19N3O2/c1-10(2)18-14(16-9-17-18)8-13(15(19)20)12-6-4-11(3)5-7-12/h4-7,9-10,13H,8H2,1-3H3,(H,19,20). The van der Waals surface area contributed by atoms with Crippen molar-refractivity contribution in [2.75, 3.05) is 0 Å². The second kappa shape index (κ2) is 5.86. The molecule has 1 heterocycles. The van der Waals surface area contributed by atoms with Crippen LogP contribution in [0.25, 0.3) is 0 Å². The van der Waals surface area contributed by atoms with Crippen molar-refractivity contribution in [3.8, 4) is 0 Å². The Morgan fingerprint density at radius 2 is 1.95 bits per heavy atom. The van der Waals surface area contributed by atoms with E-state index in [0.717, 1.165) is 11.1 Å². The Balaban J connectivity index is 2.28. The van der Waals surface area contributed by atoms with Crippen LogP contribution in [0.15, 0.2) is 30.6 Å². The van der Waals surface area contributed by atoms with E-state index >= 15 is 0 Å². The van der Waals surface area contributed by atoms with Crippen molar-refractivity contribution in [2.24, 2.45) is 0 Å². The minimum Gasteiger partial charge on any atom is -0.481 e. The number of rotatable bonds is 5. The maximum Gasteiger partial charge on any atom is 0.311 e. The zero-order valence-corrected chi connectivity index (χ0v) is 11.9. The van der Waals surface area contributed by atoms with E-state index in [9.17, 15) is 9.90 Å². The maximum atomic E-state index is 11.5. The van der Waals surface area contributed by atoms with E-state index in [1.165, 1.54) is 6.33 Å². The predicted molar refractivity (Wildman–Crippen MR) is 75.7 cm³/mol. The highest BCUT2D eigenvalue weighted by Crippen LogP contribution is 2.22. The van der Waals surface area contributed by atoms with Gasteiger partial charge in [0.25, 0.3) is 0 Å². The molecule has 1 N–H and O–H groups in total. The van der Waals surface area contributed by atoms with Crippen LogP contribution in [-0.2, 0) is 11.2 Å². The molecule has 0 aliphatic carbocycles.